The average Bonchev–Trinajstić information content (AvgIpc) is 3.09. The minimum Gasteiger partial charge on any atom is -0.480 e. The van der Waals surface area contributed by atoms with Crippen LogP contribution in [0.25, 0.3) is 4.96 Å². The Hall–Kier alpha value is -1.91. The number of nitrogens with zero attached hydrogens (tertiary/aromatic N) is 2. The van der Waals surface area contributed by atoms with Crippen molar-refractivity contribution in [2.24, 2.45) is 5.92 Å². The summed E-state index contributed by atoms with van der Waals surface area (Å²) in [6.07, 6.45) is 3.19. The first-order chi connectivity index (χ1) is 12.5. The number of carbonyl (C=O) groups is 2. The highest BCUT2D eigenvalue weighted by Crippen LogP contribution is 2.18. The van der Waals surface area contributed by atoms with Gasteiger partial charge >= 0.3 is 5.97 Å². The van der Waals surface area contributed by atoms with Crippen LogP contribution < -0.4 is 10.9 Å². The first-order valence-electron chi connectivity index (χ1n) is 8.18. The molecule has 26 heavy (non-hydrogen) atoms. The number of amides is 1. The summed E-state index contributed by atoms with van der Waals surface area (Å²) in [5, 5.41) is 13.7. The summed E-state index contributed by atoms with van der Waals surface area (Å²) in [5.74, 6) is -1.10. The third-order valence-corrected chi connectivity index (χ3v) is 5.81. The van der Waals surface area contributed by atoms with Gasteiger partial charge in [0.15, 0.2) is 4.96 Å². The first kappa shape index (κ1) is 18.9. The Labute approximate surface area is 157 Å². The second-order valence-corrected chi connectivity index (χ2v) is 7.85. The topological polar surface area (TPSA) is 110 Å². The Balaban J connectivity index is 1.52. The van der Waals surface area contributed by atoms with Crippen molar-refractivity contribution in [1.29, 1.82) is 0 Å². The normalized spacial score (nSPS) is 18.5. The SMILES string of the molecule is O=C(CSCc1cc(=O)n2ccsc2n1)NC(C(=O)O)C1CCCOC1. The highest BCUT2D eigenvalue weighted by Gasteiger charge is 2.31. The molecule has 1 amide bonds. The number of nitrogens with one attached hydrogen (secondary N) is 1. The largest absolute Gasteiger partial charge is 0.480 e. The number of thiazole rings is 1. The molecule has 1 aliphatic heterocycles. The number of aromatic nitrogens is 2. The molecule has 2 aromatic rings. The maximum absolute atomic E-state index is 12.1. The van der Waals surface area contributed by atoms with Crippen molar-refractivity contribution in [3.8, 4) is 0 Å². The van der Waals surface area contributed by atoms with Gasteiger partial charge in [-0.25, -0.2) is 9.78 Å². The Morgan fingerprint density at radius 2 is 2.38 bits per heavy atom. The van der Waals surface area contributed by atoms with Crippen molar-refractivity contribution in [1.82, 2.24) is 14.7 Å². The second kappa shape index (κ2) is 8.65. The first-order valence-corrected chi connectivity index (χ1v) is 10.2. The van der Waals surface area contributed by atoms with Crippen molar-refractivity contribution < 1.29 is 19.4 Å². The summed E-state index contributed by atoms with van der Waals surface area (Å²) in [4.78, 5) is 40.5. The zero-order chi connectivity index (χ0) is 18.5. The Bertz CT molecular complexity index is 844. The monoisotopic (exact) mass is 397 g/mol. The number of thioether (sulfide) groups is 1. The molecule has 2 aromatic heterocycles. The molecule has 0 saturated carbocycles. The van der Waals surface area contributed by atoms with Gasteiger partial charge in [0.2, 0.25) is 5.91 Å². The van der Waals surface area contributed by atoms with Gasteiger partial charge in [-0.05, 0) is 12.8 Å². The van der Waals surface area contributed by atoms with E-state index in [2.05, 4.69) is 10.3 Å². The van der Waals surface area contributed by atoms with Gasteiger partial charge in [0.05, 0.1) is 18.1 Å². The summed E-state index contributed by atoms with van der Waals surface area (Å²) in [6.45, 7) is 0.979. The van der Waals surface area contributed by atoms with Crippen LogP contribution in [0.3, 0.4) is 0 Å². The van der Waals surface area contributed by atoms with Crippen molar-refractivity contribution in [3.05, 3.63) is 33.7 Å². The Morgan fingerprint density at radius 3 is 3.12 bits per heavy atom. The van der Waals surface area contributed by atoms with Crippen LogP contribution in [0.15, 0.2) is 22.4 Å². The van der Waals surface area contributed by atoms with Crippen molar-refractivity contribution >= 4 is 39.9 Å². The van der Waals surface area contributed by atoms with Gasteiger partial charge in [-0.15, -0.1) is 23.1 Å². The molecule has 3 heterocycles. The summed E-state index contributed by atoms with van der Waals surface area (Å²) < 4.78 is 6.78. The van der Waals surface area contributed by atoms with E-state index in [1.165, 1.54) is 33.6 Å². The fraction of sp³-hybridized carbons (Fsp3) is 0.500. The Kier molecular flexibility index (Phi) is 6.28. The van der Waals surface area contributed by atoms with E-state index in [1.807, 2.05) is 0 Å². The molecule has 10 heteroatoms. The van der Waals surface area contributed by atoms with Crippen molar-refractivity contribution in [2.45, 2.75) is 24.6 Å². The number of carboxylic acid groups (broad SMARTS) is 1. The lowest BCUT2D eigenvalue weighted by Gasteiger charge is -2.28. The van der Waals surface area contributed by atoms with Crippen LogP contribution in [-0.2, 0) is 20.1 Å². The maximum Gasteiger partial charge on any atom is 0.326 e. The quantitative estimate of drug-likeness (QED) is 0.717. The van der Waals surface area contributed by atoms with Crippen LogP contribution in [0.2, 0.25) is 0 Å². The van der Waals surface area contributed by atoms with Crippen LogP contribution in [0.4, 0.5) is 0 Å². The van der Waals surface area contributed by atoms with Gasteiger partial charge in [0.25, 0.3) is 5.56 Å². The zero-order valence-electron chi connectivity index (χ0n) is 13.9. The second-order valence-electron chi connectivity index (χ2n) is 5.99. The molecule has 2 unspecified atom stereocenters. The number of rotatable bonds is 7. The summed E-state index contributed by atoms with van der Waals surface area (Å²) >= 11 is 2.66. The molecule has 1 aliphatic rings. The molecule has 0 radical (unpaired) electrons. The van der Waals surface area contributed by atoms with Crippen LogP contribution in [0.1, 0.15) is 18.5 Å². The standard InChI is InChI=1S/C16H19N3O5S2/c20-12(18-14(15(22)23)10-2-1-4-24-7-10)9-25-8-11-6-13(21)19-3-5-26-16(19)17-11/h3,5-6,10,14H,1-2,4,7-9H2,(H,18,20)(H,22,23). The molecule has 0 aromatic carbocycles. The fourth-order valence-corrected chi connectivity index (χ4v) is 4.30. The van der Waals surface area contributed by atoms with Crippen LogP contribution in [0.5, 0.6) is 0 Å². The van der Waals surface area contributed by atoms with Crippen LogP contribution >= 0.6 is 23.1 Å². The predicted molar refractivity (Wildman–Crippen MR) is 98.6 cm³/mol. The van der Waals surface area contributed by atoms with Gasteiger partial charge in [-0.2, -0.15) is 0 Å². The molecule has 3 rings (SSSR count). The molecule has 140 valence electrons. The highest BCUT2D eigenvalue weighted by molar-refractivity contribution is 7.99. The summed E-state index contributed by atoms with van der Waals surface area (Å²) in [6, 6.07) is 0.512. The summed E-state index contributed by atoms with van der Waals surface area (Å²) in [5.41, 5.74) is 0.449. The number of carboxylic acids is 1. The average molecular weight is 397 g/mol. The van der Waals surface area contributed by atoms with Gasteiger partial charge in [0, 0.05) is 35.9 Å². The molecular weight excluding hydrogens is 378 g/mol. The minimum absolute atomic E-state index is 0.100. The predicted octanol–water partition coefficient (Wildman–Crippen LogP) is 0.985. The number of hydrogen-bond donors (Lipinski definition) is 2. The van der Waals surface area contributed by atoms with Crippen molar-refractivity contribution in [3.63, 3.8) is 0 Å². The van der Waals surface area contributed by atoms with E-state index in [9.17, 15) is 19.5 Å². The lowest BCUT2D eigenvalue weighted by Crippen LogP contribution is -2.49. The maximum atomic E-state index is 12.1. The smallest absolute Gasteiger partial charge is 0.326 e. The zero-order valence-corrected chi connectivity index (χ0v) is 15.6. The fourth-order valence-electron chi connectivity index (χ4n) is 2.83. The number of hydrogen-bond acceptors (Lipinski definition) is 7. The third-order valence-electron chi connectivity index (χ3n) is 4.09. The summed E-state index contributed by atoms with van der Waals surface area (Å²) in [7, 11) is 0. The van der Waals surface area contributed by atoms with Crippen LogP contribution in [-0.4, -0.2) is 51.4 Å². The lowest BCUT2D eigenvalue weighted by atomic mass is 9.94. The van der Waals surface area contributed by atoms with E-state index in [1.54, 1.807) is 11.6 Å². The number of aliphatic carboxylic acids is 1. The van der Waals surface area contributed by atoms with Crippen LogP contribution in [0, 0.1) is 5.92 Å². The van der Waals surface area contributed by atoms with Crippen molar-refractivity contribution in [2.75, 3.05) is 19.0 Å². The van der Waals surface area contributed by atoms with E-state index in [4.69, 9.17) is 4.74 Å². The third kappa shape index (κ3) is 4.63. The van der Waals surface area contributed by atoms with E-state index < -0.39 is 12.0 Å². The lowest BCUT2D eigenvalue weighted by molar-refractivity contribution is -0.144. The molecule has 1 fully saturated rings. The highest BCUT2D eigenvalue weighted by atomic mass is 32.2. The molecule has 0 aliphatic carbocycles. The minimum atomic E-state index is -1.04. The van der Waals surface area contributed by atoms with E-state index in [0.29, 0.717) is 29.6 Å². The molecular formula is C16H19N3O5S2. The van der Waals surface area contributed by atoms with Gasteiger partial charge in [-0.3, -0.25) is 14.0 Å². The number of fused-ring (bicyclic) bond motifs is 1. The molecule has 8 nitrogen and oxygen atoms in total. The van der Waals surface area contributed by atoms with E-state index >= 15 is 0 Å². The molecule has 1 saturated heterocycles. The van der Waals surface area contributed by atoms with Gasteiger partial charge in [-0.1, -0.05) is 0 Å². The molecule has 2 N–H and O–H groups in total. The number of ether oxygens (including phenoxy) is 1. The molecule has 0 bridgehead atoms. The molecule has 2 atom stereocenters. The van der Waals surface area contributed by atoms with E-state index in [0.717, 1.165) is 12.8 Å². The van der Waals surface area contributed by atoms with Gasteiger partial charge in [0.1, 0.15) is 6.04 Å². The Morgan fingerprint density at radius 1 is 1.54 bits per heavy atom. The van der Waals surface area contributed by atoms with Gasteiger partial charge < -0.3 is 15.2 Å². The molecule has 0 spiro atoms. The number of carbonyl (C=O) groups excluding carboxylic acids is 1. The van der Waals surface area contributed by atoms with E-state index in [-0.39, 0.29) is 23.1 Å².